The van der Waals surface area contributed by atoms with Crippen LogP contribution >= 0.6 is 0 Å². The zero-order valence-corrected chi connectivity index (χ0v) is 20.1. The highest BCUT2D eigenvalue weighted by molar-refractivity contribution is 5.92. The average Bonchev–Trinajstić information content (AvgIpc) is 2.76. The van der Waals surface area contributed by atoms with Gasteiger partial charge in [0.25, 0.3) is 5.91 Å². The molecule has 1 rings (SSSR count). The third kappa shape index (κ3) is 12.1. The van der Waals surface area contributed by atoms with E-state index < -0.39 is 41.0 Å². The van der Waals surface area contributed by atoms with Gasteiger partial charge in [-0.3, -0.25) is 4.79 Å². The van der Waals surface area contributed by atoms with Crippen molar-refractivity contribution in [2.45, 2.75) is 71.6 Å². The van der Waals surface area contributed by atoms with Crippen LogP contribution < -0.4 is 10.1 Å². The van der Waals surface area contributed by atoms with Crippen molar-refractivity contribution >= 4 is 5.91 Å². The monoisotopic (exact) mass is 511 g/mol. The zero-order chi connectivity index (χ0) is 26.6. The van der Waals surface area contributed by atoms with E-state index in [9.17, 15) is 35.5 Å². The molecule has 10 heteroatoms. The molecule has 0 unspecified atom stereocenters. The molecule has 0 aliphatic rings. The number of alkyl halides is 6. The number of carbonyl (C=O) groups is 1. The van der Waals surface area contributed by atoms with Crippen LogP contribution in [0.25, 0.3) is 0 Å². The molecule has 1 aromatic rings. The lowest BCUT2D eigenvalue weighted by Crippen LogP contribution is -2.27. The molecule has 0 aromatic heterocycles. The zero-order valence-electron chi connectivity index (χ0n) is 20.1. The number of amides is 1. The van der Waals surface area contributed by atoms with Gasteiger partial charge in [0.05, 0.1) is 17.7 Å². The van der Waals surface area contributed by atoms with Gasteiger partial charge in [0.15, 0.2) is 5.83 Å². The third-order valence-electron chi connectivity index (χ3n) is 4.93. The van der Waals surface area contributed by atoms with E-state index in [0.717, 1.165) is 19.3 Å². The second kappa shape index (κ2) is 14.1. The molecular weight excluding hydrogens is 479 g/mol. The average molecular weight is 512 g/mol. The number of hydrogen-bond acceptors (Lipinski definition) is 2. The maximum absolute atomic E-state index is 14.0. The predicted octanol–water partition coefficient (Wildman–Crippen LogP) is 8.02. The molecule has 0 bridgehead atoms. The van der Waals surface area contributed by atoms with Crippen molar-refractivity contribution in [1.82, 2.24) is 5.32 Å². The largest absolute Gasteiger partial charge is 0.494 e. The number of rotatable bonds is 13. The first-order valence-electron chi connectivity index (χ1n) is 11.4. The summed E-state index contributed by atoms with van der Waals surface area (Å²) in [6.45, 7) is 5.72. The summed E-state index contributed by atoms with van der Waals surface area (Å²) in [5.41, 5.74) is -2.57. The van der Waals surface area contributed by atoms with Gasteiger partial charge < -0.3 is 10.1 Å². The van der Waals surface area contributed by atoms with Gasteiger partial charge in [-0.2, -0.15) is 26.3 Å². The van der Waals surface area contributed by atoms with Crippen LogP contribution in [0.3, 0.4) is 0 Å². The fourth-order valence-corrected chi connectivity index (χ4v) is 2.98. The molecule has 0 aliphatic carbocycles. The maximum Gasteiger partial charge on any atom is 0.416 e. The minimum Gasteiger partial charge on any atom is -0.494 e. The Morgan fingerprint density at radius 1 is 0.943 bits per heavy atom. The molecule has 1 N–H and O–H groups in total. The van der Waals surface area contributed by atoms with E-state index in [2.05, 4.69) is 5.32 Å². The maximum atomic E-state index is 14.0. The van der Waals surface area contributed by atoms with Crippen molar-refractivity contribution in [2.75, 3.05) is 13.2 Å². The number of ether oxygens (including phenoxy) is 1. The van der Waals surface area contributed by atoms with Crippen LogP contribution in [-0.4, -0.2) is 19.1 Å². The van der Waals surface area contributed by atoms with Crippen LogP contribution in [-0.2, 0) is 17.1 Å². The van der Waals surface area contributed by atoms with Crippen molar-refractivity contribution in [2.24, 2.45) is 5.92 Å². The molecule has 3 nitrogen and oxygen atoms in total. The van der Waals surface area contributed by atoms with Gasteiger partial charge >= 0.3 is 12.4 Å². The van der Waals surface area contributed by atoms with Crippen molar-refractivity contribution < 1.29 is 40.3 Å². The molecule has 0 saturated carbocycles. The third-order valence-corrected chi connectivity index (χ3v) is 4.93. The Morgan fingerprint density at radius 2 is 1.49 bits per heavy atom. The number of allylic oxidation sites excluding steroid dienone is 3. The summed E-state index contributed by atoms with van der Waals surface area (Å²) in [6, 6.07) is 1.19. The minimum absolute atomic E-state index is 0.000645. The van der Waals surface area contributed by atoms with Crippen LogP contribution in [0.5, 0.6) is 5.75 Å². The van der Waals surface area contributed by atoms with Crippen LogP contribution in [0.2, 0.25) is 0 Å². The topological polar surface area (TPSA) is 38.3 Å². The van der Waals surface area contributed by atoms with E-state index in [1.54, 1.807) is 12.2 Å². The first-order valence-corrected chi connectivity index (χ1v) is 11.4. The van der Waals surface area contributed by atoms with E-state index in [0.29, 0.717) is 37.9 Å². The molecular formula is C25H32F7NO2. The Morgan fingerprint density at radius 3 is 2.03 bits per heavy atom. The molecule has 0 aliphatic heterocycles. The van der Waals surface area contributed by atoms with Crippen LogP contribution in [0.1, 0.15) is 70.4 Å². The minimum atomic E-state index is -4.91. The number of halogens is 7. The van der Waals surface area contributed by atoms with E-state index in [1.165, 1.54) is 6.92 Å². The van der Waals surface area contributed by atoms with Crippen LogP contribution in [0, 0.1) is 5.92 Å². The van der Waals surface area contributed by atoms with Gasteiger partial charge in [0, 0.05) is 6.54 Å². The second-order valence-corrected chi connectivity index (χ2v) is 8.65. The van der Waals surface area contributed by atoms with Crippen LogP contribution in [0.15, 0.2) is 41.8 Å². The standard InChI is InChI=1S/C25H32F7NO2/c1-17(2)16-33-23(34)22(26)18(3)11-9-7-5-4-6-8-10-12-35-21-14-19(24(27,28)29)13-20(15-21)25(30,31)32/h9,11,13-15,17H,4-8,10,12,16H2,1-3H3,(H,33,34)/b11-9+,22-18+. The fourth-order valence-electron chi connectivity index (χ4n) is 2.98. The Bertz CT molecular complexity index is 839. The molecule has 0 heterocycles. The van der Waals surface area contributed by atoms with Crippen LogP contribution in [0.4, 0.5) is 30.7 Å². The molecule has 0 atom stereocenters. The lowest BCUT2D eigenvalue weighted by atomic mass is 10.1. The Kier molecular flexibility index (Phi) is 12.3. The van der Waals surface area contributed by atoms with Gasteiger partial charge in [-0.25, -0.2) is 4.39 Å². The highest BCUT2D eigenvalue weighted by atomic mass is 19.4. The summed E-state index contributed by atoms with van der Waals surface area (Å²) in [4.78, 5) is 11.7. The molecule has 198 valence electrons. The number of carbonyl (C=O) groups excluding carboxylic acids is 1. The van der Waals surface area contributed by atoms with Crippen molar-refractivity contribution in [3.63, 3.8) is 0 Å². The Labute approximate surface area is 201 Å². The summed E-state index contributed by atoms with van der Waals surface area (Å²) in [5, 5.41) is 2.51. The highest BCUT2D eigenvalue weighted by Gasteiger charge is 2.37. The highest BCUT2D eigenvalue weighted by Crippen LogP contribution is 2.38. The van der Waals surface area contributed by atoms with Gasteiger partial charge in [0.2, 0.25) is 0 Å². The number of unbranched alkanes of at least 4 members (excludes halogenated alkanes) is 5. The normalized spacial score (nSPS) is 13.3. The predicted molar refractivity (Wildman–Crippen MR) is 120 cm³/mol. The number of nitrogens with one attached hydrogen (secondary N) is 1. The number of hydrogen-bond donors (Lipinski definition) is 1. The summed E-state index contributed by atoms with van der Waals surface area (Å²) in [5.74, 6) is -1.80. The lowest BCUT2D eigenvalue weighted by molar-refractivity contribution is -0.143. The summed E-state index contributed by atoms with van der Waals surface area (Å²) in [6.07, 6.45) is -2.18. The Hall–Kier alpha value is -2.52. The lowest BCUT2D eigenvalue weighted by Gasteiger charge is -2.14. The molecule has 0 fully saturated rings. The van der Waals surface area contributed by atoms with E-state index in [-0.39, 0.29) is 24.2 Å². The number of benzene rings is 1. The Balaban J connectivity index is 2.35. The molecule has 0 spiro atoms. The summed E-state index contributed by atoms with van der Waals surface area (Å²) < 4.78 is 96.3. The molecule has 1 amide bonds. The van der Waals surface area contributed by atoms with Crippen molar-refractivity contribution in [1.29, 1.82) is 0 Å². The van der Waals surface area contributed by atoms with Gasteiger partial charge in [0.1, 0.15) is 5.75 Å². The molecule has 0 radical (unpaired) electrons. The van der Waals surface area contributed by atoms with E-state index in [4.69, 9.17) is 4.74 Å². The summed E-state index contributed by atoms with van der Waals surface area (Å²) in [7, 11) is 0. The van der Waals surface area contributed by atoms with Gasteiger partial charge in [-0.1, -0.05) is 45.3 Å². The SMILES string of the molecule is CC(/C=C/CCCCCCCOc1cc(C(F)(F)F)cc(C(F)(F)F)c1)=C(\F)C(=O)NCC(C)C. The molecule has 1 aromatic carbocycles. The van der Waals surface area contributed by atoms with E-state index in [1.807, 2.05) is 13.8 Å². The fraction of sp³-hybridized carbons (Fsp3) is 0.560. The van der Waals surface area contributed by atoms with Crippen molar-refractivity contribution in [3.8, 4) is 5.75 Å². The first kappa shape index (κ1) is 30.5. The first-order chi connectivity index (χ1) is 16.2. The summed E-state index contributed by atoms with van der Waals surface area (Å²) >= 11 is 0. The van der Waals surface area contributed by atoms with Gasteiger partial charge in [-0.05, 0) is 55.9 Å². The molecule has 0 saturated heterocycles. The van der Waals surface area contributed by atoms with Crippen molar-refractivity contribution in [3.05, 3.63) is 52.9 Å². The van der Waals surface area contributed by atoms with Gasteiger partial charge in [-0.15, -0.1) is 0 Å². The van der Waals surface area contributed by atoms with E-state index >= 15 is 0 Å². The quantitative estimate of drug-likeness (QED) is 0.126. The molecule has 35 heavy (non-hydrogen) atoms. The second-order valence-electron chi connectivity index (χ2n) is 8.65. The smallest absolute Gasteiger partial charge is 0.416 e.